The molecule has 2 rings (SSSR count). The van der Waals surface area contributed by atoms with Crippen LogP contribution in [0.5, 0.6) is 5.75 Å². The fourth-order valence-electron chi connectivity index (χ4n) is 2.12. The highest BCUT2D eigenvalue weighted by Crippen LogP contribution is 2.32. The van der Waals surface area contributed by atoms with Gasteiger partial charge in [0, 0.05) is 29.9 Å². The third-order valence-corrected chi connectivity index (χ3v) is 4.44. The largest absolute Gasteiger partial charge is 0.489 e. The zero-order chi connectivity index (χ0) is 15.4. The van der Waals surface area contributed by atoms with Crippen molar-refractivity contribution in [2.45, 2.75) is 25.5 Å². The molecule has 1 heterocycles. The Kier molecular flexibility index (Phi) is 5.36. The van der Waals surface area contributed by atoms with Crippen LogP contribution in [0.4, 0.5) is 0 Å². The predicted molar refractivity (Wildman–Crippen MR) is 82.1 cm³/mol. The van der Waals surface area contributed by atoms with E-state index in [1.54, 1.807) is 6.07 Å². The molecule has 2 N–H and O–H groups in total. The molecule has 0 radical (unpaired) electrons. The first-order valence-corrected chi connectivity index (χ1v) is 8.01. The van der Waals surface area contributed by atoms with Gasteiger partial charge in [0.25, 0.3) is 0 Å². The smallest absolute Gasteiger partial charge is 0.327 e. The number of carbonyl (C=O) groups excluding carboxylic acids is 1. The molecule has 1 unspecified atom stereocenters. The topological polar surface area (TPSA) is 75.6 Å². The lowest BCUT2D eigenvalue weighted by Gasteiger charge is -2.14. The van der Waals surface area contributed by atoms with Crippen molar-refractivity contribution in [2.24, 2.45) is 0 Å². The molecule has 1 aromatic rings. The van der Waals surface area contributed by atoms with Gasteiger partial charge in [-0.15, -0.1) is 0 Å². The molecule has 114 valence electrons. The van der Waals surface area contributed by atoms with Gasteiger partial charge in [0.2, 0.25) is 5.91 Å². The van der Waals surface area contributed by atoms with E-state index in [4.69, 9.17) is 21.4 Å². The molecule has 0 saturated heterocycles. The van der Waals surface area contributed by atoms with Crippen LogP contribution < -0.4 is 10.1 Å². The van der Waals surface area contributed by atoms with Gasteiger partial charge in [-0.3, -0.25) is 4.79 Å². The minimum atomic E-state index is -1.03. The summed E-state index contributed by atoms with van der Waals surface area (Å²) in [7, 11) is 0. The van der Waals surface area contributed by atoms with Crippen molar-refractivity contribution in [2.75, 3.05) is 11.5 Å². The molecule has 1 amide bonds. The van der Waals surface area contributed by atoms with Gasteiger partial charge in [-0.1, -0.05) is 11.6 Å². The van der Waals surface area contributed by atoms with Gasteiger partial charge in [-0.05, 0) is 23.8 Å². The number of carboxylic acids is 1. The lowest BCUT2D eigenvalue weighted by molar-refractivity contribution is -0.140. The molecule has 0 saturated carbocycles. The Morgan fingerprint density at radius 2 is 2.33 bits per heavy atom. The highest BCUT2D eigenvalue weighted by molar-refractivity contribution is 7.99. The number of carboxylic acid groups (broad SMARTS) is 1. The molecule has 7 heteroatoms. The molecule has 1 aromatic carbocycles. The fraction of sp³-hybridized carbons (Fsp3) is 0.429. The highest BCUT2D eigenvalue weighted by Gasteiger charge is 2.24. The van der Waals surface area contributed by atoms with E-state index in [9.17, 15) is 9.59 Å². The maximum absolute atomic E-state index is 11.0. The van der Waals surface area contributed by atoms with E-state index in [-0.39, 0.29) is 12.0 Å². The van der Waals surface area contributed by atoms with Crippen molar-refractivity contribution in [1.82, 2.24) is 5.32 Å². The second-order valence-corrected chi connectivity index (χ2v) is 6.34. The molecule has 21 heavy (non-hydrogen) atoms. The highest BCUT2D eigenvalue weighted by atomic mass is 35.5. The first kappa shape index (κ1) is 16.0. The number of carbonyl (C=O) groups is 2. The summed E-state index contributed by atoms with van der Waals surface area (Å²) in [6.07, 6.45) is 0.774. The van der Waals surface area contributed by atoms with Crippen LogP contribution >= 0.6 is 23.4 Å². The first-order valence-electron chi connectivity index (χ1n) is 6.48. The Labute approximate surface area is 132 Å². The number of hydrogen-bond donors (Lipinski definition) is 2. The third kappa shape index (κ3) is 4.54. The number of ether oxygens (including phenoxy) is 1. The molecule has 0 fully saturated rings. The Balaban J connectivity index is 1.80. The van der Waals surface area contributed by atoms with Crippen LogP contribution in [-0.4, -0.2) is 40.6 Å². The van der Waals surface area contributed by atoms with Crippen LogP contribution in [0.25, 0.3) is 0 Å². The average Bonchev–Trinajstić information content (AvgIpc) is 2.78. The van der Waals surface area contributed by atoms with Crippen molar-refractivity contribution in [3.05, 3.63) is 28.8 Å². The van der Waals surface area contributed by atoms with Crippen molar-refractivity contribution < 1.29 is 19.4 Å². The summed E-state index contributed by atoms with van der Waals surface area (Å²) in [5, 5.41) is 12.1. The van der Waals surface area contributed by atoms with E-state index < -0.39 is 12.0 Å². The minimum absolute atomic E-state index is 0.00948. The second-order valence-electron chi connectivity index (χ2n) is 4.82. The summed E-state index contributed by atoms with van der Waals surface area (Å²) in [5.74, 6) is 0.436. The zero-order valence-corrected chi connectivity index (χ0v) is 13.0. The number of thioether (sulfide) groups is 1. The first-order chi connectivity index (χ1) is 9.95. The zero-order valence-electron chi connectivity index (χ0n) is 11.5. The summed E-state index contributed by atoms with van der Waals surface area (Å²) in [5.41, 5.74) is 1.07. The molecule has 0 spiro atoms. The monoisotopic (exact) mass is 329 g/mol. The van der Waals surface area contributed by atoms with E-state index in [1.165, 1.54) is 18.7 Å². The molecule has 0 aliphatic carbocycles. The van der Waals surface area contributed by atoms with Crippen LogP contribution in [-0.2, 0) is 16.0 Å². The number of aliphatic carboxylic acids is 1. The van der Waals surface area contributed by atoms with Crippen LogP contribution in [0.2, 0.25) is 5.02 Å². The van der Waals surface area contributed by atoms with Gasteiger partial charge in [-0.2, -0.15) is 11.8 Å². The van der Waals surface area contributed by atoms with Crippen molar-refractivity contribution >= 4 is 35.2 Å². The predicted octanol–water partition coefficient (Wildman–Crippen LogP) is 1.97. The van der Waals surface area contributed by atoms with Crippen molar-refractivity contribution in [1.29, 1.82) is 0 Å². The number of benzene rings is 1. The van der Waals surface area contributed by atoms with Gasteiger partial charge in [0.15, 0.2) is 0 Å². The standard InChI is InChI=1S/C14H16ClNO4S/c1-8(17)16-12(14(18)19)7-21-6-11-5-9-4-10(15)2-3-13(9)20-11/h2-4,11-12H,5-7H2,1H3,(H,16,17)(H,18,19)/t11?,12-/m0/s1. The fourth-order valence-corrected chi connectivity index (χ4v) is 3.36. The molecule has 1 aliphatic heterocycles. The van der Waals surface area contributed by atoms with Crippen LogP contribution in [0, 0.1) is 0 Å². The van der Waals surface area contributed by atoms with E-state index >= 15 is 0 Å². The quantitative estimate of drug-likeness (QED) is 0.834. The Hall–Kier alpha value is -1.40. The normalized spacial score (nSPS) is 17.7. The van der Waals surface area contributed by atoms with Gasteiger partial charge >= 0.3 is 5.97 Å². The van der Waals surface area contributed by atoms with E-state index in [0.717, 1.165) is 17.7 Å². The van der Waals surface area contributed by atoms with Crippen LogP contribution in [0.3, 0.4) is 0 Å². The number of nitrogens with one attached hydrogen (secondary N) is 1. The molecule has 2 atom stereocenters. The van der Waals surface area contributed by atoms with Crippen LogP contribution in [0.1, 0.15) is 12.5 Å². The summed E-state index contributed by atoms with van der Waals surface area (Å²) in [6.45, 7) is 1.31. The van der Waals surface area contributed by atoms with Gasteiger partial charge in [0.1, 0.15) is 17.9 Å². The number of fused-ring (bicyclic) bond motifs is 1. The Morgan fingerprint density at radius 3 is 3.00 bits per heavy atom. The maximum Gasteiger partial charge on any atom is 0.327 e. The molecular weight excluding hydrogens is 314 g/mol. The maximum atomic E-state index is 11.0. The summed E-state index contributed by atoms with van der Waals surface area (Å²) in [4.78, 5) is 21.9. The summed E-state index contributed by atoms with van der Waals surface area (Å²) >= 11 is 7.38. The van der Waals surface area contributed by atoms with Crippen LogP contribution in [0.15, 0.2) is 18.2 Å². The average molecular weight is 330 g/mol. The molecule has 0 bridgehead atoms. The number of hydrogen-bond acceptors (Lipinski definition) is 4. The van der Waals surface area contributed by atoms with E-state index in [1.807, 2.05) is 12.1 Å². The lowest BCUT2D eigenvalue weighted by atomic mass is 10.1. The number of rotatable bonds is 6. The summed E-state index contributed by atoms with van der Waals surface area (Å²) in [6, 6.07) is 4.65. The second kappa shape index (κ2) is 7.04. The number of amides is 1. The Bertz CT molecular complexity index is 552. The van der Waals surface area contributed by atoms with E-state index in [2.05, 4.69) is 5.32 Å². The van der Waals surface area contributed by atoms with Crippen molar-refractivity contribution in [3.63, 3.8) is 0 Å². The Morgan fingerprint density at radius 1 is 1.57 bits per heavy atom. The third-order valence-electron chi connectivity index (χ3n) is 3.03. The lowest BCUT2D eigenvalue weighted by Crippen LogP contribution is -2.41. The van der Waals surface area contributed by atoms with Gasteiger partial charge in [-0.25, -0.2) is 4.79 Å². The van der Waals surface area contributed by atoms with Gasteiger partial charge < -0.3 is 15.2 Å². The molecule has 5 nitrogen and oxygen atoms in total. The molecule has 1 aliphatic rings. The molecule has 0 aromatic heterocycles. The molecular formula is C14H16ClNO4S. The minimum Gasteiger partial charge on any atom is -0.489 e. The summed E-state index contributed by atoms with van der Waals surface area (Å²) < 4.78 is 5.77. The van der Waals surface area contributed by atoms with Gasteiger partial charge in [0.05, 0.1) is 0 Å². The SMILES string of the molecule is CC(=O)N[C@@H](CSCC1Cc2cc(Cl)ccc2O1)C(=O)O. The van der Waals surface area contributed by atoms with E-state index in [0.29, 0.717) is 16.5 Å². The number of halogens is 1. The van der Waals surface area contributed by atoms with Crippen molar-refractivity contribution in [3.8, 4) is 5.75 Å².